The van der Waals surface area contributed by atoms with E-state index in [9.17, 15) is 4.39 Å². The number of aromatic nitrogens is 2. The Hall–Kier alpha value is -1.53. The van der Waals surface area contributed by atoms with Gasteiger partial charge in [-0.2, -0.15) is 0 Å². The predicted octanol–water partition coefficient (Wildman–Crippen LogP) is 4.16. The third kappa shape index (κ3) is 4.30. The molecule has 130 valence electrons. The second-order valence-electron chi connectivity index (χ2n) is 7.26. The molecule has 0 spiro atoms. The SMILES string of the molecule is CC(C)(C)c1nnc(N2CCC(OCc3ccc(F)cc3)CC2)s1. The fourth-order valence-corrected chi connectivity index (χ4v) is 3.61. The number of nitrogens with zero attached hydrogens (tertiary/aromatic N) is 3. The molecule has 1 fully saturated rings. The van der Waals surface area contributed by atoms with Crippen molar-refractivity contribution in [2.75, 3.05) is 18.0 Å². The molecule has 24 heavy (non-hydrogen) atoms. The lowest BCUT2D eigenvalue weighted by Crippen LogP contribution is -2.37. The highest BCUT2D eigenvalue weighted by Crippen LogP contribution is 2.31. The molecular weight excluding hydrogens is 325 g/mol. The lowest BCUT2D eigenvalue weighted by Gasteiger charge is -2.31. The molecule has 0 unspecified atom stereocenters. The van der Waals surface area contributed by atoms with Crippen LogP contribution in [0.4, 0.5) is 9.52 Å². The molecule has 0 aliphatic carbocycles. The average Bonchev–Trinajstić information content (AvgIpc) is 3.05. The highest BCUT2D eigenvalue weighted by molar-refractivity contribution is 7.15. The molecule has 6 heteroatoms. The Morgan fingerprint density at radius 3 is 2.42 bits per heavy atom. The van der Waals surface area contributed by atoms with Crippen molar-refractivity contribution < 1.29 is 9.13 Å². The van der Waals surface area contributed by atoms with Crippen molar-refractivity contribution in [3.05, 3.63) is 40.7 Å². The van der Waals surface area contributed by atoms with Gasteiger partial charge >= 0.3 is 0 Å². The van der Waals surface area contributed by atoms with E-state index < -0.39 is 0 Å². The van der Waals surface area contributed by atoms with Crippen LogP contribution in [0.3, 0.4) is 0 Å². The van der Waals surface area contributed by atoms with E-state index in [1.54, 1.807) is 23.5 Å². The molecule has 4 nitrogen and oxygen atoms in total. The maximum atomic E-state index is 12.9. The van der Waals surface area contributed by atoms with Gasteiger partial charge in [-0.15, -0.1) is 10.2 Å². The summed E-state index contributed by atoms with van der Waals surface area (Å²) in [6.07, 6.45) is 2.21. The van der Waals surface area contributed by atoms with Crippen LogP contribution in [-0.2, 0) is 16.8 Å². The highest BCUT2D eigenvalue weighted by Gasteiger charge is 2.25. The molecule has 0 N–H and O–H groups in total. The van der Waals surface area contributed by atoms with Gasteiger partial charge in [0.25, 0.3) is 0 Å². The molecule has 1 aliphatic rings. The van der Waals surface area contributed by atoms with Crippen LogP contribution in [0.15, 0.2) is 24.3 Å². The minimum absolute atomic E-state index is 0.0481. The van der Waals surface area contributed by atoms with Crippen LogP contribution in [0.2, 0.25) is 0 Å². The molecule has 0 atom stereocenters. The summed E-state index contributed by atoms with van der Waals surface area (Å²) in [6, 6.07) is 6.51. The summed E-state index contributed by atoms with van der Waals surface area (Å²) < 4.78 is 18.9. The van der Waals surface area contributed by atoms with Crippen molar-refractivity contribution in [1.82, 2.24) is 10.2 Å². The Kier molecular flexibility index (Phi) is 5.15. The van der Waals surface area contributed by atoms with Crippen molar-refractivity contribution in [3.8, 4) is 0 Å². The Bertz CT molecular complexity index is 658. The van der Waals surface area contributed by atoms with E-state index in [0.29, 0.717) is 6.61 Å². The van der Waals surface area contributed by atoms with Crippen molar-refractivity contribution in [1.29, 1.82) is 0 Å². The van der Waals surface area contributed by atoms with Crippen LogP contribution < -0.4 is 4.90 Å². The van der Waals surface area contributed by atoms with Gasteiger partial charge in [-0.1, -0.05) is 44.2 Å². The molecule has 2 heterocycles. The summed E-state index contributed by atoms with van der Waals surface area (Å²) in [5, 5.41) is 10.8. The Morgan fingerprint density at radius 2 is 1.83 bits per heavy atom. The summed E-state index contributed by atoms with van der Waals surface area (Å²) in [5.41, 5.74) is 1.06. The van der Waals surface area contributed by atoms with E-state index in [1.807, 2.05) is 0 Å². The monoisotopic (exact) mass is 349 g/mol. The fraction of sp³-hybridized carbons (Fsp3) is 0.556. The van der Waals surface area contributed by atoms with E-state index in [1.165, 1.54) is 12.1 Å². The lowest BCUT2D eigenvalue weighted by molar-refractivity contribution is 0.0251. The van der Waals surface area contributed by atoms with Gasteiger partial charge in [-0.3, -0.25) is 0 Å². The van der Waals surface area contributed by atoms with Crippen LogP contribution in [-0.4, -0.2) is 29.4 Å². The van der Waals surface area contributed by atoms with E-state index in [0.717, 1.165) is 41.6 Å². The maximum absolute atomic E-state index is 12.9. The third-order valence-electron chi connectivity index (χ3n) is 4.17. The number of benzene rings is 1. The van der Waals surface area contributed by atoms with Gasteiger partial charge in [0.05, 0.1) is 12.7 Å². The number of hydrogen-bond acceptors (Lipinski definition) is 5. The average molecular weight is 349 g/mol. The lowest BCUT2D eigenvalue weighted by atomic mass is 9.98. The minimum Gasteiger partial charge on any atom is -0.373 e. The third-order valence-corrected chi connectivity index (χ3v) is 5.58. The normalized spacial score (nSPS) is 16.6. The van der Waals surface area contributed by atoms with Gasteiger partial charge in [0.1, 0.15) is 10.8 Å². The largest absolute Gasteiger partial charge is 0.373 e. The zero-order valence-corrected chi connectivity index (χ0v) is 15.3. The molecular formula is C18H24FN3OS. The fourth-order valence-electron chi connectivity index (χ4n) is 2.65. The Balaban J connectivity index is 1.49. The van der Waals surface area contributed by atoms with Crippen molar-refractivity contribution >= 4 is 16.5 Å². The van der Waals surface area contributed by atoms with Gasteiger partial charge in [-0.05, 0) is 30.5 Å². The first-order valence-corrected chi connectivity index (χ1v) is 9.18. The van der Waals surface area contributed by atoms with Crippen LogP contribution in [0, 0.1) is 5.82 Å². The molecule has 1 saturated heterocycles. The van der Waals surface area contributed by atoms with Crippen molar-refractivity contribution in [2.24, 2.45) is 0 Å². The zero-order valence-electron chi connectivity index (χ0n) is 14.5. The quantitative estimate of drug-likeness (QED) is 0.831. The number of anilines is 1. The number of piperidine rings is 1. The second kappa shape index (κ2) is 7.15. The molecule has 2 aromatic rings. The van der Waals surface area contributed by atoms with E-state index in [-0.39, 0.29) is 17.3 Å². The standard InChI is InChI=1S/C18H24FN3OS/c1-18(2,3)16-20-21-17(24-16)22-10-8-15(9-11-22)23-12-13-4-6-14(19)7-5-13/h4-7,15H,8-12H2,1-3H3. The number of hydrogen-bond donors (Lipinski definition) is 0. The summed E-state index contributed by atoms with van der Waals surface area (Å²) in [5.74, 6) is -0.209. The number of ether oxygens (including phenoxy) is 1. The van der Waals surface area contributed by atoms with Gasteiger partial charge in [-0.25, -0.2) is 4.39 Å². The first-order chi connectivity index (χ1) is 11.4. The van der Waals surface area contributed by atoms with Crippen LogP contribution >= 0.6 is 11.3 Å². The smallest absolute Gasteiger partial charge is 0.208 e. The summed E-state index contributed by atoms with van der Waals surface area (Å²) in [4.78, 5) is 2.30. The van der Waals surface area contributed by atoms with Crippen LogP contribution in [0.1, 0.15) is 44.2 Å². The van der Waals surface area contributed by atoms with Crippen molar-refractivity contribution in [3.63, 3.8) is 0 Å². The van der Waals surface area contributed by atoms with E-state index in [2.05, 4.69) is 35.9 Å². The molecule has 3 rings (SSSR count). The van der Waals surface area contributed by atoms with E-state index >= 15 is 0 Å². The molecule has 1 aromatic carbocycles. The van der Waals surface area contributed by atoms with Crippen LogP contribution in [0.25, 0.3) is 0 Å². The Labute approximate surface area is 146 Å². The summed E-state index contributed by atoms with van der Waals surface area (Å²) in [6.45, 7) is 8.89. The topological polar surface area (TPSA) is 38.2 Å². The molecule has 0 saturated carbocycles. The molecule has 0 bridgehead atoms. The first-order valence-electron chi connectivity index (χ1n) is 8.37. The van der Waals surface area contributed by atoms with Crippen molar-refractivity contribution in [2.45, 2.75) is 51.7 Å². The number of halogens is 1. The summed E-state index contributed by atoms with van der Waals surface area (Å²) >= 11 is 1.69. The van der Waals surface area contributed by atoms with Gasteiger partial charge in [0.15, 0.2) is 0 Å². The highest BCUT2D eigenvalue weighted by atomic mass is 32.1. The molecule has 0 radical (unpaired) electrons. The van der Waals surface area contributed by atoms with Gasteiger partial charge in [0, 0.05) is 18.5 Å². The Morgan fingerprint density at radius 1 is 1.17 bits per heavy atom. The van der Waals surface area contributed by atoms with Gasteiger partial charge in [0.2, 0.25) is 5.13 Å². The summed E-state index contributed by atoms with van der Waals surface area (Å²) in [7, 11) is 0. The maximum Gasteiger partial charge on any atom is 0.208 e. The molecule has 1 aliphatic heterocycles. The predicted molar refractivity (Wildman–Crippen MR) is 95.0 cm³/mol. The molecule has 0 amide bonds. The van der Waals surface area contributed by atoms with Gasteiger partial charge < -0.3 is 9.64 Å². The second-order valence-corrected chi connectivity index (χ2v) is 8.22. The first kappa shape index (κ1) is 17.3. The van der Waals surface area contributed by atoms with E-state index in [4.69, 9.17) is 4.74 Å². The zero-order chi connectivity index (χ0) is 17.2. The minimum atomic E-state index is -0.209. The number of rotatable bonds is 4. The molecule has 1 aromatic heterocycles. The van der Waals surface area contributed by atoms with Crippen LogP contribution in [0.5, 0.6) is 0 Å².